The van der Waals surface area contributed by atoms with Crippen LogP contribution >= 0.6 is 11.6 Å². The average Bonchev–Trinajstić information content (AvgIpc) is 3.17. The molecule has 12 heteroatoms. The minimum atomic E-state index is -3.10. The maximum Gasteiger partial charge on any atom is 0.229 e. The van der Waals surface area contributed by atoms with Gasteiger partial charge < -0.3 is 15.7 Å². The summed E-state index contributed by atoms with van der Waals surface area (Å²) in [5.74, 6) is 1.01. The molecule has 0 bridgehead atoms. The molecule has 1 saturated heterocycles. The molecule has 34 heavy (non-hydrogen) atoms. The van der Waals surface area contributed by atoms with Crippen molar-refractivity contribution in [3.8, 4) is 0 Å². The molecular formula is C22H34ClN7O3S. The Morgan fingerprint density at radius 2 is 1.88 bits per heavy atom. The van der Waals surface area contributed by atoms with Crippen LogP contribution in [0.4, 0.5) is 17.5 Å². The van der Waals surface area contributed by atoms with E-state index in [1.807, 2.05) is 0 Å². The van der Waals surface area contributed by atoms with Gasteiger partial charge in [-0.2, -0.15) is 10.1 Å². The third-order valence-electron chi connectivity index (χ3n) is 6.82. The van der Waals surface area contributed by atoms with Gasteiger partial charge in [-0.15, -0.1) is 0 Å². The van der Waals surface area contributed by atoms with Crippen LogP contribution in [0.15, 0.2) is 18.6 Å². The lowest BCUT2D eigenvalue weighted by Crippen LogP contribution is -2.45. The minimum absolute atomic E-state index is 0.241. The van der Waals surface area contributed by atoms with Crippen LogP contribution < -0.4 is 10.6 Å². The van der Waals surface area contributed by atoms with Gasteiger partial charge in [-0.05, 0) is 57.8 Å². The van der Waals surface area contributed by atoms with Gasteiger partial charge in [-0.1, -0.05) is 11.6 Å². The first-order valence-corrected chi connectivity index (χ1v) is 13.9. The first kappa shape index (κ1) is 25.2. The number of sulfonamides is 1. The van der Waals surface area contributed by atoms with Crippen LogP contribution in [0.2, 0.25) is 5.02 Å². The molecule has 1 aliphatic heterocycles. The van der Waals surface area contributed by atoms with Gasteiger partial charge in [0, 0.05) is 25.3 Å². The Balaban J connectivity index is 1.33. The summed E-state index contributed by atoms with van der Waals surface area (Å²) in [7, 11) is -3.10. The molecule has 1 saturated carbocycles. The Bertz CT molecular complexity index is 1100. The van der Waals surface area contributed by atoms with Gasteiger partial charge in [-0.3, -0.25) is 4.68 Å². The van der Waals surface area contributed by atoms with Gasteiger partial charge in [-0.25, -0.2) is 17.7 Å². The summed E-state index contributed by atoms with van der Waals surface area (Å²) in [5, 5.41) is 21.3. The number of aromatic nitrogens is 4. The Kier molecular flexibility index (Phi) is 7.10. The number of hydrogen-bond donors (Lipinski definition) is 3. The zero-order valence-corrected chi connectivity index (χ0v) is 21.5. The van der Waals surface area contributed by atoms with Crippen LogP contribution in [-0.4, -0.2) is 68.6 Å². The summed E-state index contributed by atoms with van der Waals surface area (Å²) >= 11 is 6.37. The molecule has 2 aromatic rings. The number of aliphatic hydroxyl groups is 1. The van der Waals surface area contributed by atoms with Crippen LogP contribution in [0.1, 0.15) is 52.4 Å². The van der Waals surface area contributed by atoms with Gasteiger partial charge in [0.15, 0.2) is 5.82 Å². The molecule has 0 atom stereocenters. The van der Waals surface area contributed by atoms with Crippen LogP contribution in [0.3, 0.4) is 0 Å². The number of nitrogens with zero attached hydrogens (tertiary/aromatic N) is 5. The Morgan fingerprint density at radius 1 is 1.21 bits per heavy atom. The van der Waals surface area contributed by atoms with Crippen molar-refractivity contribution in [3.63, 3.8) is 0 Å². The van der Waals surface area contributed by atoms with Crippen molar-refractivity contribution in [2.45, 2.75) is 70.6 Å². The summed E-state index contributed by atoms with van der Waals surface area (Å²) in [6.45, 7) is 5.08. The SMILES string of the molecule is CC(C)(O)Cn1cc(Nc2ncc(Cl)c(NC3CCC4(CC3)CCN(S(C)(=O)=O)CC4)n2)cn1. The lowest BCUT2D eigenvalue weighted by atomic mass is 9.67. The molecule has 1 spiro atoms. The first-order valence-electron chi connectivity index (χ1n) is 11.7. The van der Waals surface area contributed by atoms with E-state index in [0.717, 1.165) is 44.2 Å². The summed E-state index contributed by atoms with van der Waals surface area (Å²) < 4.78 is 26.9. The normalized spacial score (nSPS) is 19.9. The summed E-state index contributed by atoms with van der Waals surface area (Å²) in [4.78, 5) is 8.83. The lowest BCUT2D eigenvalue weighted by Gasteiger charge is -2.45. The highest BCUT2D eigenvalue weighted by molar-refractivity contribution is 7.88. The van der Waals surface area contributed by atoms with E-state index in [-0.39, 0.29) is 11.5 Å². The van der Waals surface area contributed by atoms with Crippen molar-refractivity contribution < 1.29 is 13.5 Å². The predicted octanol–water partition coefficient (Wildman–Crippen LogP) is 3.24. The molecule has 0 radical (unpaired) electrons. The van der Waals surface area contributed by atoms with E-state index in [2.05, 4.69) is 25.7 Å². The van der Waals surface area contributed by atoms with Crippen molar-refractivity contribution in [3.05, 3.63) is 23.6 Å². The molecule has 0 aromatic carbocycles. The van der Waals surface area contributed by atoms with Crippen molar-refractivity contribution in [2.75, 3.05) is 30.0 Å². The van der Waals surface area contributed by atoms with E-state index < -0.39 is 15.6 Å². The van der Waals surface area contributed by atoms with E-state index in [4.69, 9.17) is 11.6 Å². The van der Waals surface area contributed by atoms with Crippen LogP contribution in [0.5, 0.6) is 0 Å². The van der Waals surface area contributed by atoms with Crippen molar-refractivity contribution in [1.82, 2.24) is 24.1 Å². The summed E-state index contributed by atoms with van der Waals surface area (Å²) in [5.41, 5.74) is 0.100. The van der Waals surface area contributed by atoms with E-state index in [0.29, 0.717) is 36.4 Å². The van der Waals surface area contributed by atoms with Gasteiger partial charge in [0.05, 0.1) is 36.5 Å². The molecule has 3 heterocycles. The second-order valence-electron chi connectivity index (χ2n) is 10.3. The maximum absolute atomic E-state index is 11.8. The monoisotopic (exact) mass is 511 g/mol. The second kappa shape index (κ2) is 9.60. The molecule has 3 N–H and O–H groups in total. The molecular weight excluding hydrogens is 478 g/mol. The fraction of sp³-hybridized carbons (Fsp3) is 0.682. The van der Waals surface area contributed by atoms with E-state index >= 15 is 0 Å². The third kappa shape index (κ3) is 6.38. The summed E-state index contributed by atoms with van der Waals surface area (Å²) in [6.07, 6.45) is 12.3. The Morgan fingerprint density at radius 3 is 2.50 bits per heavy atom. The molecule has 188 valence electrons. The van der Waals surface area contributed by atoms with Crippen molar-refractivity contribution >= 4 is 39.1 Å². The highest BCUT2D eigenvalue weighted by Gasteiger charge is 2.39. The van der Waals surface area contributed by atoms with E-state index in [1.54, 1.807) is 41.4 Å². The van der Waals surface area contributed by atoms with Gasteiger partial charge in [0.25, 0.3) is 0 Å². The topological polar surface area (TPSA) is 125 Å². The smallest absolute Gasteiger partial charge is 0.229 e. The van der Waals surface area contributed by atoms with E-state index in [9.17, 15) is 13.5 Å². The van der Waals surface area contributed by atoms with Gasteiger partial charge in [0.2, 0.25) is 16.0 Å². The first-order chi connectivity index (χ1) is 15.9. The fourth-order valence-corrected chi connectivity index (χ4v) is 5.92. The van der Waals surface area contributed by atoms with Crippen molar-refractivity contribution in [2.24, 2.45) is 5.41 Å². The molecule has 4 rings (SSSR count). The third-order valence-corrected chi connectivity index (χ3v) is 8.40. The van der Waals surface area contributed by atoms with Crippen LogP contribution in [0.25, 0.3) is 0 Å². The molecule has 1 aliphatic carbocycles. The van der Waals surface area contributed by atoms with E-state index in [1.165, 1.54) is 6.26 Å². The number of piperidine rings is 1. The van der Waals surface area contributed by atoms with Gasteiger partial charge in [0.1, 0.15) is 5.02 Å². The van der Waals surface area contributed by atoms with Gasteiger partial charge >= 0.3 is 0 Å². The minimum Gasteiger partial charge on any atom is -0.389 e. The highest BCUT2D eigenvalue weighted by Crippen LogP contribution is 2.45. The second-order valence-corrected chi connectivity index (χ2v) is 12.7. The van der Waals surface area contributed by atoms with Crippen molar-refractivity contribution in [1.29, 1.82) is 0 Å². The maximum atomic E-state index is 11.8. The Labute approximate surface area is 206 Å². The largest absolute Gasteiger partial charge is 0.389 e. The summed E-state index contributed by atoms with van der Waals surface area (Å²) in [6, 6.07) is 0.258. The average molecular weight is 512 g/mol. The lowest BCUT2D eigenvalue weighted by molar-refractivity contribution is 0.0577. The molecule has 0 unspecified atom stereocenters. The molecule has 2 fully saturated rings. The number of rotatable bonds is 7. The zero-order chi connectivity index (χ0) is 24.6. The Hall–Kier alpha value is -1.95. The molecule has 2 aliphatic rings. The molecule has 0 amide bonds. The fourth-order valence-electron chi connectivity index (χ4n) is 4.93. The predicted molar refractivity (Wildman–Crippen MR) is 133 cm³/mol. The van der Waals surface area contributed by atoms with Crippen LogP contribution in [0, 0.1) is 5.41 Å². The zero-order valence-electron chi connectivity index (χ0n) is 20.0. The number of halogens is 1. The standard InChI is InChI=1S/C22H34ClN7O3S/c1-21(2,31)15-29-14-17(12-25-29)27-20-24-13-18(23)19(28-20)26-16-4-6-22(7-5-16)8-10-30(11-9-22)34(3,32)33/h12-14,16,31H,4-11,15H2,1-3H3,(H2,24,26,27,28). The highest BCUT2D eigenvalue weighted by atomic mass is 35.5. The molecule has 10 nitrogen and oxygen atoms in total. The molecule has 2 aromatic heterocycles. The number of anilines is 3. The number of nitrogens with one attached hydrogen (secondary N) is 2. The van der Waals surface area contributed by atoms with Crippen LogP contribution in [-0.2, 0) is 16.6 Å². The number of hydrogen-bond acceptors (Lipinski definition) is 8. The quantitative estimate of drug-likeness (QED) is 0.517.